The standard InChI is InChI=1S/C23H31NO5/c1-5-20-19(24-21(29-20)17-14-12-16(4)13-15-17)11-9-8-10-18(22(25)27-6-2)23(26)28-7-3/h12-15,18H,5-11H2,1-4H3. The van der Waals surface area contributed by atoms with E-state index >= 15 is 0 Å². The van der Waals surface area contributed by atoms with Gasteiger partial charge in [0.2, 0.25) is 5.89 Å². The fraction of sp³-hybridized carbons (Fsp3) is 0.522. The summed E-state index contributed by atoms with van der Waals surface area (Å²) in [5.74, 6) is -0.367. The minimum absolute atomic E-state index is 0.245. The molecular formula is C23H31NO5. The average molecular weight is 402 g/mol. The van der Waals surface area contributed by atoms with Gasteiger partial charge in [-0.2, -0.15) is 0 Å². The highest BCUT2D eigenvalue weighted by atomic mass is 16.6. The van der Waals surface area contributed by atoms with Crippen molar-refractivity contribution < 1.29 is 23.5 Å². The third-order valence-electron chi connectivity index (χ3n) is 4.70. The zero-order valence-corrected chi connectivity index (χ0v) is 17.8. The Morgan fingerprint density at radius 3 is 2.17 bits per heavy atom. The molecule has 0 atom stereocenters. The van der Waals surface area contributed by atoms with Crippen LogP contribution in [0.5, 0.6) is 0 Å². The number of unbranched alkanes of at least 4 members (excludes halogenated alkanes) is 1. The molecule has 1 heterocycles. The maximum atomic E-state index is 12.1. The number of esters is 2. The van der Waals surface area contributed by atoms with Crippen molar-refractivity contribution >= 4 is 11.9 Å². The number of carbonyl (C=O) groups excluding carboxylic acids is 2. The van der Waals surface area contributed by atoms with Gasteiger partial charge in [-0.1, -0.05) is 31.0 Å². The van der Waals surface area contributed by atoms with E-state index in [2.05, 4.69) is 4.98 Å². The zero-order valence-electron chi connectivity index (χ0n) is 17.8. The molecule has 0 spiro atoms. The van der Waals surface area contributed by atoms with E-state index in [-0.39, 0.29) is 13.2 Å². The van der Waals surface area contributed by atoms with Gasteiger partial charge in [0.25, 0.3) is 0 Å². The Morgan fingerprint density at radius 2 is 1.62 bits per heavy atom. The second kappa shape index (κ2) is 11.4. The molecule has 0 unspecified atom stereocenters. The van der Waals surface area contributed by atoms with Gasteiger partial charge in [-0.05, 0) is 52.2 Å². The van der Waals surface area contributed by atoms with Crippen LogP contribution in [0.15, 0.2) is 28.7 Å². The zero-order chi connectivity index (χ0) is 21.2. The first kappa shape index (κ1) is 22.7. The van der Waals surface area contributed by atoms with Crippen molar-refractivity contribution in [2.45, 2.75) is 59.8 Å². The Bertz CT molecular complexity index is 776. The number of oxazole rings is 1. The van der Waals surface area contributed by atoms with E-state index in [1.165, 1.54) is 5.56 Å². The van der Waals surface area contributed by atoms with Gasteiger partial charge >= 0.3 is 11.9 Å². The number of ether oxygens (including phenoxy) is 2. The number of rotatable bonds is 11. The molecule has 1 aromatic heterocycles. The Balaban J connectivity index is 1.97. The molecule has 0 aliphatic carbocycles. The third kappa shape index (κ3) is 6.44. The van der Waals surface area contributed by atoms with Gasteiger partial charge in [0, 0.05) is 12.0 Å². The second-order valence-electron chi connectivity index (χ2n) is 6.91. The quantitative estimate of drug-likeness (QED) is 0.309. The summed E-state index contributed by atoms with van der Waals surface area (Å²) in [5.41, 5.74) is 3.09. The predicted octanol–water partition coefficient (Wildman–Crippen LogP) is 4.67. The van der Waals surface area contributed by atoms with Crippen molar-refractivity contribution in [3.8, 4) is 11.5 Å². The lowest BCUT2D eigenvalue weighted by atomic mass is 10.0. The Kier molecular flexibility index (Phi) is 8.90. The molecule has 0 saturated heterocycles. The molecule has 1 aromatic carbocycles. The molecular weight excluding hydrogens is 370 g/mol. The summed E-state index contributed by atoms with van der Waals surface area (Å²) >= 11 is 0. The van der Waals surface area contributed by atoms with Crippen LogP contribution in [0, 0.1) is 12.8 Å². The lowest BCUT2D eigenvalue weighted by Crippen LogP contribution is -2.28. The first-order valence-electron chi connectivity index (χ1n) is 10.4. The van der Waals surface area contributed by atoms with Crippen molar-refractivity contribution in [1.29, 1.82) is 0 Å². The molecule has 0 aliphatic rings. The molecule has 0 aliphatic heterocycles. The molecule has 0 amide bonds. The maximum absolute atomic E-state index is 12.1. The molecule has 6 heteroatoms. The number of hydrogen-bond acceptors (Lipinski definition) is 6. The molecule has 0 saturated carbocycles. The Hall–Kier alpha value is -2.63. The summed E-state index contributed by atoms with van der Waals surface area (Å²) in [7, 11) is 0. The summed E-state index contributed by atoms with van der Waals surface area (Å²) in [6.45, 7) is 8.03. The van der Waals surface area contributed by atoms with Gasteiger partial charge < -0.3 is 13.9 Å². The summed E-state index contributed by atoms with van der Waals surface area (Å²) < 4.78 is 16.0. The van der Waals surface area contributed by atoms with Gasteiger partial charge in [-0.25, -0.2) is 4.98 Å². The van der Waals surface area contributed by atoms with Crippen molar-refractivity contribution in [1.82, 2.24) is 4.98 Å². The molecule has 2 aromatic rings. The van der Waals surface area contributed by atoms with Gasteiger partial charge in [0.05, 0.1) is 18.9 Å². The average Bonchev–Trinajstić information content (AvgIpc) is 3.12. The van der Waals surface area contributed by atoms with Crippen LogP contribution in [0.3, 0.4) is 0 Å². The van der Waals surface area contributed by atoms with Crippen molar-refractivity contribution in [2.24, 2.45) is 5.92 Å². The molecule has 2 rings (SSSR count). The summed E-state index contributed by atoms with van der Waals surface area (Å²) in [6.07, 6.45) is 3.39. The van der Waals surface area contributed by atoms with Crippen molar-refractivity contribution in [3.05, 3.63) is 41.3 Å². The van der Waals surface area contributed by atoms with Gasteiger partial charge in [0.1, 0.15) is 5.76 Å². The van der Waals surface area contributed by atoms with Gasteiger partial charge in [-0.3, -0.25) is 9.59 Å². The third-order valence-corrected chi connectivity index (χ3v) is 4.70. The molecule has 0 bridgehead atoms. The summed E-state index contributed by atoms with van der Waals surface area (Å²) in [5, 5.41) is 0. The second-order valence-corrected chi connectivity index (χ2v) is 6.91. The van der Waals surface area contributed by atoms with Crippen molar-refractivity contribution in [2.75, 3.05) is 13.2 Å². The first-order chi connectivity index (χ1) is 14.0. The fourth-order valence-corrected chi connectivity index (χ4v) is 3.13. The lowest BCUT2D eigenvalue weighted by molar-refractivity contribution is -0.161. The highest BCUT2D eigenvalue weighted by molar-refractivity contribution is 5.94. The number of nitrogens with zero attached hydrogens (tertiary/aromatic N) is 1. The van der Waals surface area contributed by atoms with Crippen molar-refractivity contribution in [3.63, 3.8) is 0 Å². The summed E-state index contributed by atoms with van der Waals surface area (Å²) in [6, 6.07) is 8.09. The van der Waals surface area contributed by atoms with E-state index in [9.17, 15) is 9.59 Å². The normalized spacial score (nSPS) is 10.9. The topological polar surface area (TPSA) is 78.6 Å². The molecule has 158 valence electrons. The highest BCUT2D eigenvalue weighted by Gasteiger charge is 2.28. The minimum Gasteiger partial charge on any atom is -0.465 e. The number of carbonyl (C=O) groups is 2. The fourth-order valence-electron chi connectivity index (χ4n) is 3.13. The van der Waals surface area contributed by atoms with Crippen LogP contribution < -0.4 is 0 Å². The summed E-state index contributed by atoms with van der Waals surface area (Å²) in [4.78, 5) is 28.8. The van der Waals surface area contributed by atoms with Gasteiger partial charge in [0.15, 0.2) is 5.92 Å². The Morgan fingerprint density at radius 1 is 1.00 bits per heavy atom. The van der Waals surface area contributed by atoms with Crippen LogP contribution in [0.2, 0.25) is 0 Å². The molecule has 6 nitrogen and oxygen atoms in total. The molecule has 0 fully saturated rings. The lowest BCUT2D eigenvalue weighted by Gasteiger charge is -2.14. The van der Waals surface area contributed by atoms with Gasteiger partial charge in [-0.15, -0.1) is 0 Å². The SMILES string of the molecule is CCOC(=O)C(CCCCc1nc(-c2ccc(C)cc2)oc1CC)C(=O)OCC. The van der Waals surface area contributed by atoms with E-state index in [1.54, 1.807) is 13.8 Å². The monoisotopic (exact) mass is 401 g/mol. The maximum Gasteiger partial charge on any atom is 0.320 e. The Labute approximate surface area is 172 Å². The number of hydrogen-bond donors (Lipinski definition) is 0. The largest absolute Gasteiger partial charge is 0.465 e. The molecule has 29 heavy (non-hydrogen) atoms. The number of aryl methyl sites for hydroxylation is 3. The molecule has 0 radical (unpaired) electrons. The highest BCUT2D eigenvalue weighted by Crippen LogP contribution is 2.24. The van der Waals surface area contributed by atoms with Crippen LogP contribution in [0.4, 0.5) is 0 Å². The van der Waals surface area contributed by atoms with Crippen LogP contribution in [-0.4, -0.2) is 30.1 Å². The van der Waals surface area contributed by atoms with Crippen LogP contribution in [0.1, 0.15) is 57.1 Å². The van der Waals surface area contributed by atoms with Crippen LogP contribution in [-0.2, 0) is 31.9 Å². The van der Waals surface area contributed by atoms with E-state index in [0.29, 0.717) is 18.7 Å². The van der Waals surface area contributed by atoms with E-state index < -0.39 is 17.9 Å². The van der Waals surface area contributed by atoms with E-state index in [4.69, 9.17) is 13.9 Å². The molecule has 0 N–H and O–H groups in total. The predicted molar refractivity (Wildman–Crippen MR) is 110 cm³/mol. The number of benzene rings is 1. The smallest absolute Gasteiger partial charge is 0.320 e. The minimum atomic E-state index is -0.860. The van der Waals surface area contributed by atoms with Crippen LogP contribution in [0.25, 0.3) is 11.5 Å². The first-order valence-corrected chi connectivity index (χ1v) is 10.4. The van der Waals surface area contributed by atoms with E-state index in [1.807, 2.05) is 38.1 Å². The number of aromatic nitrogens is 1. The van der Waals surface area contributed by atoms with Crippen LogP contribution >= 0.6 is 0 Å². The van der Waals surface area contributed by atoms with E-state index in [0.717, 1.165) is 36.3 Å².